The third-order valence-corrected chi connectivity index (χ3v) is 4.30. The molecular weight excluding hydrogens is 227 g/mol. The molecule has 1 aromatic rings. The fourth-order valence-corrected chi connectivity index (χ4v) is 3.37. The number of halogens is 1. The van der Waals surface area contributed by atoms with Gasteiger partial charge in [-0.05, 0) is 30.5 Å². The second kappa shape index (κ2) is 5.37. The molecule has 2 aliphatic rings. The van der Waals surface area contributed by atoms with Gasteiger partial charge >= 0.3 is 0 Å². The van der Waals surface area contributed by atoms with E-state index < -0.39 is 0 Å². The predicted octanol–water partition coefficient (Wildman–Crippen LogP) is 2.54. The van der Waals surface area contributed by atoms with Crippen LogP contribution in [0.1, 0.15) is 31.2 Å². The van der Waals surface area contributed by atoms with Crippen LogP contribution in [0.4, 0.5) is 4.39 Å². The first-order chi connectivity index (χ1) is 8.83. The van der Waals surface area contributed by atoms with Gasteiger partial charge < -0.3 is 5.32 Å². The van der Waals surface area contributed by atoms with Crippen LogP contribution >= 0.6 is 0 Å². The number of benzene rings is 1. The number of piperazine rings is 1. The normalized spacial score (nSPS) is 28.9. The van der Waals surface area contributed by atoms with Crippen LogP contribution in [0.15, 0.2) is 24.3 Å². The van der Waals surface area contributed by atoms with Gasteiger partial charge in [0.05, 0.1) is 0 Å². The standard InChI is InChI=1S/C15H21FN2/c16-13-7-5-12(6-8-13)11-18-10-9-17-14-3-1-2-4-15(14)18/h5-8,14-15,17H,1-4,9-11H2/t14-,15-/m1/s1. The molecule has 0 radical (unpaired) electrons. The van der Waals surface area contributed by atoms with Crippen LogP contribution in [0.3, 0.4) is 0 Å². The maximum atomic E-state index is 12.9. The Balaban J connectivity index is 1.69. The Labute approximate surface area is 108 Å². The zero-order valence-electron chi connectivity index (χ0n) is 10.7. The van der Waals surface area contributed by atoms with E-state index in [9.17, 15) is 4.39 Å². The Morgan fingerprint density at radius 2 is 1.94 bits per heavy atom. The molecule has 1 saturated carbocycles. The molecule has 98 valence electrons. The average Bonchev–Trinajstić information content (AvgIpc) is 2.42. The van der Waals surface area contributed by atoms with Crippen molar-refractivity contribution in [3.8, 4) is 0 Å². The fourth-order valence-electron chi connectivity index (χ4n) is 3.37. The number of nitrogens with zero attached hydrogens (tertiary/aromatic N) is 1. The summed E-state index contributed by atoms with van der Waals surface area (Å²) in [5.74, 6) is -0.144. The van der Waals surface area contributed by atoms with E-state index in [1.54, 1.807) is 12.1 Å². The lowest BCUT2D eigenvalue weighted by Gasteiger charge is -2.44. The zero-order valence-corrected chi connectivity index (χ0v) is 10.7. The summed E-state index contributed by atoms with van der Waals surface area (Å²) in [4.78, 5) is 2.58. The minimum Gasteiger partial charge on any atom is -0.311 e. The highest BCUT2D eigenvalue weighted by Gasteiger charge is 2.32. The molecule has 1 aromatic carbocycles. The molecule has 3 rings (SSSR count). The molecule has 3 heteroatoms. The van der Waals surface area contributed by atoms with Gasteiger partial charge in [0.15, 0.2) is 0 Å². The Kier molecular flexibility index (Phi) is 3.62. The molecule has 0 aromatic heterocycles. The summed E-state index contributed by atoms with van der Waals surface area (Å²) in [6.07, 6.45) is 5.32. The second-order valence-electron chi connectivity index (χ2n) is 5.51. The molecular formula is C15H21FN2. The molecule has 1 aliphatic heterocycles. The van der Waals surface area contributed by atoms with Gasteiger partial charge in [-0.3, -0.25) is 4.90 Å². The van der Waals surface area contributed by atoms with E-state index >= 15 is 0 Å². The Bertz CT molecular complexity index is 388. The summed E-state index contributed by atoms with van der Waals surface area (Å²) < 4.78 is 12.9. The van der Waals surface area contributed by atoms with Crippen molar-refractivity contribution in [3.63, 3.8) is 0 Å². The van der Waals surface area contributed by atoms with Gasteiger partial charge in [-0.15, -0.1) is 0 Å². The Morgan fingerprint density at radius 1 is 1.17 bits per heavy atom. The first-order valence-corrected chi connectivity index (χ1v) is 7.05. The van der Waals surface area contributed by atoms with Crippen molar-refractivity contribution in [2.75, 3.05) is 13.1 Å². The zero-order chi connectivity index (χ0) is 12.4. The van der Waals surface area contributed by atoms with Gasteiger partial charge in [-0.25, -0.2) is 4.39 Å². The highest BCUT2D eigenvalue weighted by atomic mass is 19.1. The molecule has 2 fully saturated rings. The van der Waals surface area contributed by atoms with Crippen LogP contribution in [0, 0.1) is 5.82 Å². The molecule has 1 aliphatic carbocycles. The summed E-state index contributed by atoms with van der Waals surface area (Å²) in [6.45, 7) is 3.16. The van der Waals surface area contributed by atoms with Gasteiger partial charge in [-0.1, -0.05) is 25.0 Å². The SMILES string of the molecule is Fc1ccc(CN2CCN[C@@H]3CCCC[C@H]32)cc1. The lowest BCUT2D eigenvalue weighted by molar-refractivity contribution is 0.0815. The molecule has 18 heavy (non-hydrogen) atoms. The molecule has 1 saturated heterocycles. The van der Waals surface area contributed by atoms with Gasteiger partial charge in [-0.2, -0.15) is 0 Å². The molecule has 0 bridgehead atoms. The van der Waals surface area contributed by atoms with Crippen LogP contribution in [-0.4, -0.2) is 30.1 Å². The van der Waals surface area contributed by atoms with Crippen LogP contribution < -0.4 is 5.32 Å². The highest BCUT2D eigenvalue weighted by Crippen LogP contribution is 2.26. The number of fused-ring (bicyclic) bond motifs is 1. The summed E-state index contributed by atoms with van der Waals surface area (Å²) in [5, 5.41) is 3.64. The Morgan fingerprint density at radius 3 is 2.78 bits per heavy atom. The molecule has 1 heterocycles. The molecule has 0 unspecified atom stereocenters. The maximum absolute atomic E-state index is 12.9. The third kappa shape index (κ3) is 2.57. The van der Waals surface area contributed by atoms with Gasteiger partial charge in [0, 0.05) is 31.7 Å². The van der Waals surface area contributed by atoms with Crippen molar-refractivity contribution >= 4 is 0 Å². The number of rotatable bonds is 2. The summed E-state index contributed by atoms with van der Waals surface area (Å²) in [5.41, 5.74) is 1.22. The van der Waals surface area contributed by atoms with E-state index in [0.29, 0.717) is 12.1 Å². The van der Waals surface area contributed by atoms with Crippen LogP contribution in [0.2, 0.25) is 0 Å². The van der Waals surface area contributed by atoms with Gasteiger partial charge in [0.1, 0.15) is 5.82 Å². The minimum atomic E-state index is -0.144. The van der Waals surface area contributed by atoms with Gasteiger partial charge in [0.2, 0.25) is 0 Å². The van der Waals surface area contributed by atoms with E-state index in [0.717, 1.165) is 19.6 Å². The van der Waals surface area contributed by atoms with E-state index in [1.807, 2.05) is 12.1 Å². The van der Waals surface area contributed by atoms with Crippen LogP contribution in [0.5, 0.6) is 0 Å². The number of hydrogen-bond donors (Lipinski definition) is 1. The smallest absolute Gasteiger partial charge is 0.123 e. The number of nitrogens with one attached hydrogen (secondary N) is 1. The van der Waals surface area contributed by atoms with Crippen molar-refractivity contribution in [1.29, 1.82) is 0 Å². The van der Waals surface area contributed by atoms with Crippen molar-refractivity contribution < 1.29 is 4.39 Å². The van der Waals surface area contributed by atoms with Gasteiger partial charge in [0.25, 0.3) is 0 Å². The van der Waals surface area contributed by atoms with Crippen LogP contribution in [-0.2, 0) is 6.54 Å². The van der Waals surface area contributed by atoms with Crippen molar-refractivity contribution in [2.45, 2.75) is 44.3 Å². The van der Waals surface area contributed by atoms with Crippen molar-refractivity contribution in [3.05, 3.63) is 35.6 Å². The quantitative estimate of drug-likeness (QED) is 0.865. The van der Waals surface area contributed by atoms with Crippen molar-refractivity contribution in [2.24, 2.45) is 0 Å². The Hall–Kier alpha value is -0.930. The summed E-state index contributed by atoms with van der Waals surface area (Å²) in [6, 6.07) is 8.31. The van der Waals surface area contributed by atoms with Crippen LogP contribution in [0.25, 0.3) is 0 Å². The maximum Gasteiger partial charge on any atom is 0.123 e. The molecule has 2 atom stereocenters. The topological polar surface area (TPSA) is 15.3 Å². The van der Waals surface area contributed by atoms with E-state index in [-0.39, 0.29) is 5.82 Å². The molecule has 1 N–H and O–H groups in total. The molecule has 0 amide bonds. The lowest BCUT2D eigenvalue weighted by Crippen LogP contribution is -2.58. The molecule has 0 spiro atoms. The second-order valence-corrected chi connectivity index (χ2v) is 5.51. The first kappa shape index (κ1) is 12.1. The highest BCUT2D eigenvalue weighted by molar-refractivity contribution is 5.16. The number of hydrogen-bond acceptors (Lipinski definition) is 2. The van der Waals surface area contributed by atoms with Crippen molar-refractivity contribution in [1.82, 2.24) is 10.2 Å². The minimum absolute atomic E-state index is 0.144. The molecule has 2 nitrogen and oxygen atoms in total. The van der Waals surface area contributed by atoms with E-state index in [1.165, 1.54) is 31.2 Å². The largest absolute Gasteiger partial charge is 0.311 e. The first-order valence-electron chi connectivity index (χ1n) is 7.05. The monoisotopic (exact) mass is 248 g/mol. The van der Waals surface area contributed by atoms with E-state index in [2.05, 4.69) is 10.2 Å². The average molecular weight is 248 g/mol. The third-order valence-electron chi connectivity index (χ3n) is 4.30. The summed E-state index contributed by atoms with van der Waals surface area (Å²) in [7, 11) is 0. The predicted molar refractivity (Wildman–Crippen MR) is 70.9 cm³/mol. The summed E-state index contributed by atoms with van der Waals surface area (Å²) >= 11 is 0. The lowest BCUT2D eigenvalue weighted by atomic mass is 9.87. The van der Waals surface area contributed by atoms with E-state index in [4.69, 9.17) is 0 Å². The fraction of sp³-hybridized carbons (Fsp3) is 0.600.